The molecule has 158 valence electrons. The molecule has 3 atom stereocenters. The Morgan fingerprint density at radius 2 is 1.77 bits per heavy atom. The van der Waals surface area contributed by atoms with E-state index in [0.29, 0.717) is 19.4 Å². The maximum atomic E-state index is 13.1. The monoisotopic (exact) mass is 408 g/mol. The first-order valence-electron chi connectivity index (χ1n) is 10.4. The first kappa shape index (κ1) is 20.3. The molecule has 0 unspecified atom stereocenters. The quantitative estimate of drug-likeness (QED) is 0.831. The Morgan fingerprint density at radius 1 is 1.10 bits per heavy atom. The molecule has 1 N–H and O–H groups in total. The van der Waals surface area contributed by atoms with Crippen molar-refractivity contribution in [1.29, 1.82) is 0 Å². The highest BCUT2D eigenvalue weighted by molar-refractivity contribution is 5.72. The van der Waals surface area contributed by atoms with E-state index in [1.165, 1.54) is 5.56 Å². The van der Waals surface area contributed by atoms with Crippen molar-refractivity contribution >= 4 is 12.2 Å². The maximum absolute atomic E-state index is 13.1. The van der Waals surface area contributed by atoms with Gasteiger partial charge in [0.2, 0.25) is 0 Å². The van der Waals surface area contributed by atoms with Crippen molar-refractivity contribution in [1.82, 2.24) is 10.2 Å². The molecular weight excluding hydrogens is 380 g/mol. The summed E-state index contributed by atoms with van der Waals surface area (Å²) in [5.74, 6) is 0. The number of alkyl carbamates (subject to hydrolysis) is 1. The van der Waals surface area contributed by atoms with E-state index in [4.69, 9.17) is 9.47 Å². The van der Waals surface area contributed by atoms with Gasteiger partial charge in [-0.05, 0) is 50.3 Å². The molecule has 0 aliphatic carbocycles. The molecule has 6 heteroatoms. The molecule has 30 heavy (non-hydrogen) atoms. The fourth-order valence-corrected chi connectivity index (χ4v) is 4.22. The van der Waals surface area contributed by atoms with Crippen molar-refractivity contribution in [2.75, 3.05) is 0 Å². The van der Waals surface area contributed by atoms with Crippen molar-refractivity contribution in [3.63, 3.8) is 0 Å². The standard InChI is InChI=1S/C24H28N2O4/c1-24(2,3)30-23(28)26-15-18-12-8-7-11-17(18)14-20(26)21-19(25-22(27)29-21)13-16-9-5-4-6-10-16/h4-12,19-21H,13-15H2,1-3H3,(H,25,27)/t19-,20+,21-/m0/s1. The minimum absolute atomic E-state index is 0.222. The van der Waals surface area contributed by atoms with Gasteiger partial charge in [0, 0.05) is 6.54 Å². The number of hydrogen-bond acceptors (Lipinski definition) is 4. The van der Waals surface area contributed by atoms with Crippen LogP contribution in [-0.2, 0) is 28.9 Å². The zero-order chi connectivity index (χ0) is 21.3. The van der Waals surface area contributed by atoms with E-state index in [2.05, 4.69) is 11.4 Å². The summed E-state index contributed by atoms with van der Waals surface area (Å²) in [7, 11) is 0. The Labute approximate surface area is 177 Å². The number of benzene rings is 2. The third kappa shape index (κ3) is 4.42. The molecule has 2 aromatic carbocycles. The highest BCUT2D eigenvalue weighted by Crippen LogP contribution is 2.31. The van der Waals surface area contributed by atoms with Gasteiger partial charge in [0.15, 0.2) is 0 Å². The number of nitrogens with zero attached hydrogens (tertiary/aromatic N) is 1. The summed E-state index contributed by atoms with van der Waals surface area (Å²) in [6.45, 7) is 6.00. The molecule has 2 aromatic rings. The molecule has 2 heterocycles. The third-order valence-electron chi connectivity index (χ3n) is 5.54. The predicted molar refractivity (Wildman–Crippen MR) is 113 cm³/mol. The molecule has 1 fully saturated rings. The van der Waals surface area contributed by atoms with Gasteiger partial charge < -0.3 is 14.8 Å². The van der Waals surface area contributed by atoms with Gasteiger partial charge in [-0.1, -0.05) is 54.6 Å². The Morgan fingerprint density at radius 3 is 2.47 bits per heavy atom. The Balaban J connectivity index is 1.63. The fraction of sp³-hybridized carbons (Fsp3) is 0.417. The van der Waals surface area contributed by atoms with Gasteiger partial charge >= 0.3 is 12.2 Å². The Bertz CT molecular complexity index is 922. The largest absolute Gasteiger partial charge is 0.444 e. The van der Waals surface area contributed by atoms with E-state index in [-0.39, 0.29) is 18.2 Å². The van der Waals surface area contributed by atoms with Gasteiger partial charge in [0.25, 0.3) is 0 Å². The average Bonchev–Trinajstić information content (AvgIpc) is 3.06. The number of nitrogens with one attached hydrogen (secondary N) is 1. The van der Waals surface area contributed by atoms with Crippen LogP contribution < -0.4 is 5.32 Å². The number of ether oxygens (including phenoxy) is 2. The van der Waals surface area contributed by atoms with Crippen molar-refractivity contribution in [2.24, 2.45) is 0 Å². The van der Waals surface area contributed by atoms with Gasteiger partial charge in [-0.25, -0.2) is 9.59 Å². The number of carbonyl (C=O) groups is 2. The van der Waals surface area contributed by atoms with E-state index < -0.39 is 17.8 Å². The molecule has 0 radical (unpaired) electrons. The number of cyclic esters (lactones) is 1. The second-order valence-corrected chi connectivity index (χ2v) is 8.96. The van der Waals surface area contributed by atoms with Crippen LogP contribution >= 0.6 is 0 Å². The van der Waals surface area contributed by atoms with Crippen LogP contribution in [0.3, 0.4) is 0 Å². The lowest BCUT2D eigenvalue weighted by atomic mass is 9.87. The van der Waals surface area contributed by atoms with Crippen molar-refractivity contribution in [3.8, 4) is 0 Å². The van der Waals surface area contributed by atoms with Crippen LogP contribution in [0.5, 0.6) is 0 Å². The summed E-state index contributed by atoms with van der Waals surface area (Å²) in [6.07, 6.45) is -0.0383. The van der Waals surface area contributed by atoms with Crippen LogP contribution in [-0.4, -0.2) is 40.9 Å². The minimum atomic E-state index is -0.605. The van der Waals surface area contributed by atoms with Crippen LogP contribution in [0.2, 0.25) is 0 Å². The summed E-state index contributed by atoms with van der Waals surface area (Å²) in [5.41, 5.74) is 2.77. The van der Waals surface area contributed by atoms with E-state index in [1.54, 1.807) is 4.90 Å². The van der Waals surface area contributed by atoms with Crippen LogP contribution in [0.15, 0.2) is 54.6 Å². The minimum Gasteiger partial charge on any atom is -0.444 e. The first-order chi connectivity index (χ1) is 14.3. The number of carbonyl (C=O) groups excluding carboxylic acids is 2. The fourth-order valence-electron chi connectivity index (χ4n) is 4.22. The van der Waals surface area contributed by atoms with E-state index in [1.807, 2.05) is 69.3 Å². The second kappa shape index (κ2) is 8.01. The normalized spacial score (nSPS) is 23.4. The molecular formula is C24H28N2O4. The lowest BCUT2D eigenvalue weighted by molar-refractivity contribution is -0.0114. The molecule has 0 bridgehead atoms. The molecule has 6 nitrogen and oxygen atoms in total. The van der Waals surface area contributed by atoms with Crippen LogP contribution in [0.25, 0.3) is 0 Å². The van der Waals surface area contributed by atoms with Crippen molar-refractivity contribution in [3.05, 3.63) is 71.3 Å². The van der Waals surface area contributed by atoms with E-state index in [9.17, 15) is 9.59 Å². The molecule has 0 saturated carbocycles. The summed E-state index contributed by atoms with van der Waals surface area (Å²) in [6, 6.07) is 17.5. The number of rotatable bonds is 3. The molecule has 2 amide bonds. The molecule has 4 rings (SSSR count). The van der Waals surface area contributed by atoms with Gasteiger partial charge in [0.1, 0.15) is 11.7 Å². The topological polar surface area (TPSA) is 67.9 Å². The number of hydrogen-bond donors (Lipinski definition) is 1. The van der Waals surface area contributed by atoms with E-state index >= 15 is 0 Å². The lowest BCUT2D eigenvalue weighted by Crippen LogP contribution is -2.55. The van der Waals surface area contributed by atoms with Crippen LogP contribution in [0.1, 0.15) is 37.5 Å². The summed E-state index contributed by atoms with van der Waals surface area (Å²) >= 11 is 0. The van der Waals surface area contributed by atoms with Gasteiger partial charge in [-0.2, -0.15) is 0 Å². The lowest BCUT2D eigenvalue weighted by Gasteiger charge is -2.40. The highest BCUT2D eigenvalue weighted by atomic mass is 16.6. The zero-order valence-corrected chi connectivity index (χ0v) is 17.6. The molecule has 2 aliphatic heterocycles. The van der Waals surface area contributed by atoms with Gasteiger partial charge in [-0.3, -0.25) is 4.90 Å². The van der Waals surface area contributed by atoms with E-state index in [0.717, 1.165) is 11.1 Å². The Hall–Kier alpha value is -3.02. The van der Waals surface area contributed by atoms with Crippen molar-refractivity contribution in [2.45, 2.75) is 63.9 Å². The summed E-state index contributed by atoms with van der Waals surface area (Å²) < 4.78 is 11.4. The first-order valence-corrected chi connectivity index (χ1v) is 10.4. The molecule has 1 saturated heterocycles. The Kier molecular flexibility index (Phi) is 5.41. The van der Waals surface area contributed by atoms with Gasteiger partial charge in [0.05, 0.1) is 12.1 Å². The smallest absolute Gasteiger partial charge is 0.410 e. The summed E-state index contributed by atoms with van der Waals surface area (Å²) in [5, 5.41) is 2.94. The van der Waals surface area contributed by atoms with Crippen molar-refractivity contribution < 1.29 is 19.1 Å². The zero-order valence-electron chi connectivity index (χ0n) is 17.6. The molecule has 0 aromatic heterocycles. The van der Waals surface area contributed by atoms with Crippen LogP contribution in [0, 0.1) is 0 Å². The molecule has 2 aliphatic rings. The van der Waals surface area contributed by atoms with Crippen LogP contribution in [0.4, 0.5) is 9.59 Å². The predicted octanol–water partition coefficient (Wildman–Crippen LogP) is 4.07. The maximum Gasteiger partial charge on any atom is 0.410 e. The van der Waals surface area contributed by atoms with Gasteiger partial charge in [-0.15, -0.1) is 0 Å². The third-order valence-corrected chi connectivity index (χ3v) is 5.54. The average molecular weight is 408 g/mol. The number of fused-ring (bicyclic) bond motifs is 1. The summed E-state index contributed by atoms with van der Waals surface area (Å²) in [4.78, 5) is 27.0. The second-order valence-electron chi connectivity index (χ2n) is 8.96. The SMILES string of the molecule is CC(C)(C)OC(=O)N1Cc2ccccc2C[C@@H]1[C@H]1OC(=O)N[C@H]1Cc1ccccc1. The molecule has 0 spiro atoms. The number of amides is 2. The highest BCUT2D eigenvalue weighted by Gasteiger charge is 2.46.